The van der Waals surface area contributed by atoms with E-state index >= 15 is 0 Å². The molecule has 0 aliphatic carbocycles. The van der Waals surface area contributed by atoms with E-state index in [0.717, 1.165) is 22.3 Å². The third-order valence-corrected chi connectivity index (χ3v) is 3.73. The van der Waals surface area contributed by atoms with Crippen LogP contribution in [0.25, 0.3) is 11.0 Å². The van der Waals surface area contributed by atoms with E-state index in [-0.39, 0.29) is 13.2 Å². The van der Waals surface area contributed by atoms with Crippen LogP contribution in [0.2, 0.25) is 0 Å². The van der Waals surface area contributed by atoms with E-state index in [1.807, 2.05) is 60.0 Å². The van der Waals surface area contributed by atoms with Crippen molar-refractivity contribution in [2.24, 2.45) is 0 Å². The number of aromatic nitrogens is 2. The van der Waals surface area contributed by atoms with E-state index in [0.29, 0.717) is 12.4 Å². The average Bonchev–Trinajstić information content (AvgIpc) is 2.92. The van der Waals surface area contributed by atoms with Gasteiger partial charge >= 0.3 is 0 Å². The van der Waals surface area contributed by atoms with Crippen molar-refractivity contribution in [3.8, 4) is 5.75 Å². The SMILES string of the molecule is Cc1ccc(OCC(O)Cn2c(CO)nc3ccccc32)cc1. The molecule has 120 valence electrons. The van der Waals surface area contributed by atoms with Gasteiger partial charge in [0.05, 0.1) is 17.6 Å². The fourth-order valence-corrected chi connectivity index (χ4v) is 2.54. The van der Waals surface area contributed by atoms with Crippen molar-refractivity contribution < 1.29 is 14.9 Å². The van der Waals surface area contributed by atoms with Gasteiger partial charge in [0.2, 0.25) is 0 Å². The van der Waals surface area contributed by atoms with Crippen LogP contribution in [0.4, 0.5) is 0 Å². The molecule has 0 saturated heterocycles. The Bertz CT molecular complexity index is 781. The fourth-order valence-electron chi connectivity index (χ4n) is 2.54. The van der Waals surface area contributed by atoms with Crippen LogP contribution in [0, 0.1) is 6.92 Å². The van der Waals surface area contributed by atoms with Crippen LogP contribution in [-0.4, -0.2) is 32.5 Å². The van der Waals surface area contributed by atoms with Gasteiger partial charge in [-0.15, -0.1) is 0 Å². The molecule has 2 N–H and O–H groups in total. The van der Waals surface area contributed by atoms with Gasteiger partial charge in [-0.25, -0.2) is 4.98 Å². The monoisotopic (exact) mass is 312 g/mol. The van der Waals surface area contributed by atoms with Crippen LogP contribution >= 0.6 is 0 Å². The second kappa shape index (κ2) is 6.81. The van der Waals surface area contributed by atoms with Crippen LogP contribution in [0.1, 0.15) is 11.4 Å². The molecule has 0 radical (unpaired) electrons. The minimum Gasteiger partial charge on any atom is -0.491 e. The molecule has 5 heteroatoms. The molecular weight excluding hydrogens is 292 g/mol. The summed E-state index contributed by atoms with van der Waals surface area (Å²) in [6.07, 6.45) is -0.695. The lowest BCUT2D eigenvalue weighted by atomic mass is 10.2. The lowest BCUT2D eigenvalue weighted by molar-refractivity contribution is 0.0915. The molecule has 0 amide bonds. The zero-order valence-electron chi connectivity index (χ0n) is 13.0. The van der Waals surface area contributed by atoms with Gasteiger partial charge in [0.15, 0.2) is 0 Å². The number of rotatable bonds is 6. The van der Waals surface area contributed by atoms with Gasteiger partial charge in [0.1, 0.15) is 30.9 Å². The maximum Gasteiger partial charge on any atom is 0.135 e. The van der Waals surface area contributed by atoms with Gasteiger partial charge in [-0.3, -0.25) is 0 Å². The summed E-state index contributed by atoms with van der Waals surface area (Å²) in [5.41, 5.74) is 2.87. The van der Waals surface area contributed by atoms with E-state index in [2.05, 4.69) is 4.98 Å². The Morgan fingerprint density at radius 2 is 1.87 bits per heavy atom. The zero-order valence-corrected chi connectivity index (χ0v) is 13.0. The summed E-state index contributed by atoms with van der Waals surface area (Å²) in [4.78, 5) is 4.37. The molecule has 0 fully saturated rings. The highest BCUT2D eigenvalue weighted by Gasteiger charge is 2.14. The molecule has 3 rings (SSSR count). The zero-order chi connectivity index (χ0) is 16.2. The molecule has 0 aliphatic heterocycles. The summed E-state index contributed by atoms with van der Waals surface area (Å²) in [6.45, 7) is 2.35. The topological polar surface area (TPSA) is 67.5 Å². The summed E-state index contributed by atoms with van der Waals surface area (Å²) >= 11 is 0. The van der Waals surface area contributed by atoms with Gasteiger partial charge in [0.25, 0.3) is 0 Å². The lowest BCUT2D eigenvalue weighted by Gasteiger charge is -2.15. The van der Waals surface area contributed by atoms with Crippen LogP contribution in [0.5, 0.6) is 5.75 Å². The quantitative estimate of drug-likeness (QED) is 0.733. The summed E-state index contributed by atoms with van der Waals surface area (Å²) in [5.74, 6) is 1.27. The molecule has 0 aliphatic rings. The van der Waals surface area contributed by atoms with Crippen LogP contribution < -0.4 is 4.74 Å². The van der Waals surface area contributed by atoms with Gasteiger partial charge in [-0.1, -0.05) is 29.8 Å². The lowest BCUT2D eigenvalue weighted by Crippen LogP contribution is -2.24. The summed E-state index contributed by atoms with van der Waals surface area (Å²) in [7, 11) is 0. The molecule has 23 heavy (non-hydrogen) atoms. The largest absolute Gasteiger partial charge is 0.491 e. The predicted molar refractivity (Wildman–Crippen MR) is 88.3 cm³/mol. The van der Waals surface area contributed by atoms with Crippen molar-refractivity contribution in [1.82, 2.24) is 9.55 Å². The number of aryl methyl sites for hydroxylation is 1. The molecule has 2 aromatic carbocycles. The summed E-state index contributed by atoms with van der Waals surface area (Å²) < 4.78 is 7.44. The highest BCUT2D eigenvalue weighted by molar-refractivity contribution is 5.75. The third kappa shape index (κ3) is 3.52. The highest BCUT2D eigenvalue weighted by atomic mass is 16.5. The first-order valence-electron chi connectivity index (χ1n) is 7.60. The van der Waals surface area contributed by atoms with Crippen molar-refractivity contribution in [3.05, 3.63) is 59.9 Å². The Hall–Kier alpha value is -2.37. The third-order valence-electron chi connectivity index (χ3n) is 3.73. The Labute approximate surface area is 134 Å². The Kier molecular flexibility index (Phi) is 4.60. The van der Waals surface area contributed by atoms with E-state index in [1.165, 1.54) is 0 Å². The second-order valence-electron chi connectivity index (χ2n) is 5.56. The summed E-state index contributed by atoms with van der Waals surface area (Å²) in [5, 5.41) is 19.7. The fraction of sp³-hybridized carbons (Fsp3) is 0.278. The molecule has 0 saturated carbocycles. The number of aliphatic hydroxyl groups is 2. The maximum absolute atomic E-state index is 10.3. The molecule has 1 aromatic heterocycles. The second-order valence-corrected chi connectivity index (χ2v) is 5.56. The highest BCUT2D eigenvalue weighted by Crippen LogP contribution is 2.17. The van der Waals surface area contributed by atoms with E-state index in [9.17, 15) is 10.2 Å². The molecular formula is C18H20N2O3. The number of hydrogen-bond donors (Lipinski definition) is 2. The number of fused-ring (bicyclic) bond motifs is 1. The van der Waals surface area contributed by atoms with Crippen molar-refractivity contribution >= 4 is 11.0 Å². The number of nitrogens with zero attached hydrogens (tertiary/aromatic N) is 2. The molecule has 1 unspecified atom stereocenters. The number of benzene rings is 2. The van der Waals surface area contributed by atoms with Crippen molar-refractivity contribution in [2.45, 2.75) is 26.2 Å². The van der Waals surface area contributed by atoms with Crippen LogP contribution in [0.3, 0.4) is 0 Å². The van der Waals surface area contributed by atoms with Gasteiger partial charge in [0, 0.05) is 0 Å². The maximum atomic E-state index is 10.3. The predicted octanol–water partition coefficient (Wildman–Crippen LogP) is 2.28. The molecule has 0 bridgehead atoms. The molecule has 3 aromatic rings. The normalized spacial score (nSPS) is 12.5. The molecule has 1 atom stereocenters. The Morgan fingerprint density at radius 1 is 1.13 bits per heavy atom. The Morgan fingerprint density at radius 3 is 2.61 bits per heavy atom. The number of ether oxygens (including phenoxy) is 1. The molecule has 0 spiro atoms. The minimum atomic E-state index is -0.695. The number of imidazole rings is 1. The first kappa shape index (κ1) is 15.5. The van der Waals surface area contributed by atoms with Gasteiger partial charge in [-0.05, 0) is 31.2 Å². The molecule has 1 heterocycles. The van der Waals surface area contributed by atoms with E-state index < -0.39 is 6.10 Å². The first-order valence-corrected chi connectivity index (χ1v) is 7.60. The van der Waals surface area contributed by atoms with Crippen LogP contribution in [0.15, 0.2) is 48.5 Å². The van der Waals surface area contributed by atoms with E-state index in [1.54, 1.807) is 0 Å². The van der Waals surface area contributed by atoms with Crippen molar-refractivity contribution in [2.75, 3.05) is 6.61 Å². The number of para-hydroxylation sites is 2. The van der Waals surface area contributed by atoms with Crippen molar-refractivity contribution in [3.63, 3.8) is 0 Å². The smallest absolute Gasteiger partial charge is 0.135 e. The Balaban J connectivity index is 1.70. The number of aliphatic hydroxyl groups excluding tert-OH is 2. The van der Waals surface area contributed by atoms with E-state index in [4.69, 9.17) is 4.74 Å². The first-order chi connectivity index (χ1) is 11.2. The van der Waals surface area contributed by atoms with Gasteiger partial charge in [-0.2, -0.15) is 0 Å². The number of hydrogen-bond acceptors (Lipinski definition) is 4. The van der Waals surface area contributed by atoms with Gasteiger partial charge < -0.3 is 19.5 Å². The summed E-state index contributed by atoms with van der Waals surface area (Å²) in [6, 6.07) is 15.3. The average molecular weight is 312 g/mol. The minimum absolute atomic E-state index is 0.166. The standard InChI is InChI=1S/C18H20N2O3/c1-13-6-8-15(9-7-13)23-12-14(22)10-20-17-5-3-2-4-16(17)19-18(20)11-21/h2-9,14,21-22H,10-12H2,1H3. The van der Waals surface area contributed by atoms with Crippen molar-refractivity contribution in [1.29, 1.82) is 0 Å². The molecule has 5 nitrogen and oxygen atoms in total. The van der Waals surface area contributed by atoms with Crippen LogP contribution in [-0.2, 0) is 13.2 Å².